The van der Waals surface area contributed by atoms with E-state index in [-0.39, 0.29) is 0 Å². The summed E-state index contributed by atoms with van der Waals surface area (Å²) in [6, 6.07) is 0. The van der Waals surface area contributed by atoms with E-state index in [1.807, 2.05) is 6.41 Å². The molecule has 12 heavy (non-hydrogen) atoms. The fourth-order valence-electron chi connectivity index (χ4n) is 1.67. The summed E-state index contributed by atoms with van der Waals surface area (Å²) < 4.78 is 0. The van der Waals surface area contributed by atoms with Gasteiger partial charge in [-0.15, -0.1) is 0 Å². The molecule has 1 amide bonds. The summed E-state index contributed by atoms with van der Waals surface area (Å²) in [5, 5.41) is 0. The number of hydrogen-bond acceptors (Lipinski definition) is 2. The van der Waals surface area contributed by atoms with Crippen molar-refractivity contribution in [3.8, 4) is 0 Å². The van der Waals surface area contributed by atoms with Gasteiger partial charge in [-0.1, -0.05) is 0 Å². The molecule has 1 radical (unpaired) electrons. The highest BCUT2D eigenvalue weighted by molar-refractivity contribution is 5.47. The van der Waals surface area contributed by atoms with Crippen molar-refractivity contribution < 1.29 is 4.79 Å². The Morgan fingerprint density at radius 3 is 2.58 bits per heavy atom. The lowest BCUT2D eigenvalue weighted by Gasteiger charge is -2.30. The van der Waals surface area contributed by atoms with Crippen molar-refractivity contribution in [1.82, 2.24) is 9.80 Å². The number of piperidine rings is 1. The number of nitrogens with zero attached hydrogens (tertiary/aromatic N) is 2. The van der Waals surface area contributed by atoms with E-state index in [2.05, 4.69) is 11.9 Å². The second-order valence-electron chi connectivity index (χ2n) is 3.72. The lowest BCUT2D eigenvalue weighted by atomic mass is 9.97. The summed E-state index contributed by atoms with van der Waals surface area (Å²) in [7, 11) is 3.94. The molecule has 3 nitrogen and oxygen atoms in total. The van der Waals surface area contributed by atoms with E-state index in [9.17, 15) is 4.79 Å². The van der Waals surface area contributed by atoms with E-state index < -0.39 is 0 Å². The molecule has 0 aromatic rings. The lowest BCUT2D eigenvalue weighted by Crippen LogP contribution is -2.35. The van der Waals surface area contributed by atoms with Crippen LogP contribution in [-0.2, 0) is 4.79 Å². The highest BCUT2D eigenvalue weighted by Crippen LogP contribution is 2.15. The van der Waals surface area contributed by atoms with Crippen LogP contribution in [0.2, 0.25) is 0 Å². The number of carbonyl (C=O) groups excluding carboxylic acids is 1. The average molecular weight is 169 g/mol. The summed E-state index contributed by atoms with van der Waals surface area (Å²) >= 11 is 0. The van der Waals surface area contributed by atoms with E-state index in [0.29, 0.717) is 5.92 Å². The van der Waals surface area contributed by atoms with Gasteiger partial charge in [0.2, 0.25) is 0 Å². The highest BCUT2D eigenvalue weighted by atomic mass is 16.1. The van der Waals surface area contributed by atoms with Crippen LogP contribution in [-0.4, -0.2) is 49.9 Å². The molecule has 0 unspecified atom stereocenters. The van der Waals surface area contributed by atoms with Gasteiger partial charge in [0.15, 0.2) is 0 Å². The highest BCUT2D eigenvalue weighted by Gasteiger charge is 2.17. The third-order valence-electron chi connectivity index (χ3n) is 2.53. The van der Waals surface area contributed by atoms with E-state index in [4.69, 9.17) is 0 Å². The number of amides is 1. The predicted molar refractivity (Wildman–Crippen MR) is 48.5 cm³/mol. The van der Waals surface area contributed by atoms with Crippen molar-refractivity contribution in [2.75, 3.05) is 33.7 Å². The van der Waals surface area contributed by atoms with Crippen LogP contribution >= 0.6 is 0 Å². The molecular formula is C9H17N2O. The maximum absolute atomic E-state index is 10.2. The molecule has 0 aromatic heterocycles. The van der Waals surface area contributed by atoms with Crippen LogP contribution in [0.3, 0.4) is 0 Å². The average Bonchev–Trinajstić information content (AvgIpc) is 2.09. The van der Waals surface area contributed by atoms with Gasteiger partial charge in [-0.2, -0.15) is 0 Å². The fourth-order valence-corrected chi connectivity index (χ4v) is 1.67. The van der Waals surface area contributed by atoms with Crippen LogP contribution in [0.4, 0.5) is 0 Å². The van der Waals surface area contributed by atoms with Crippen LogP contribution in [0.1, 0.15) is 12.8 Å². The molecular weight excluding hydrogens is 152 g/mol. The first kappa shape index (κ1) is 9.52. The standard InChI is InChI=1S/C9H17N2O/c1-10-5-3-9(4-6-10)7-11(2)8-12/h9H,3-7H2,1-2H3. The Hall–Kier alpha value is -0.570. The van der Waals surface area contributed by atoms with E-state index in [1.54, 1.807) is 11.9 Å². The van der Waals surface area contributed by atoms with Crippen molar-refractivity contribution in [2.45, 2.75) is 12.8 Å². The SMILES string of the molecule is CN([C]=O)CC1CCN(C)CC1. The Morgan fingerprint density at radius 2 is 2.08 bits per heavy atom. The maximum Gasteiger partial charge on any atom is 0.311 e. The van der Waals surface area contributed by atoms with Gasteiger partial charge in [-0.25, -0.2) is 0 Å². The molecule has 3 heteroatoms. The van der Waals surface area contributed by atoms with E-state index >= 15 is 0 Å². The molecule has 1 saturated heterocycles. The monoisotopic (exact) mass is 169 g/mol. The Bertz CT molecular complexity index is 141. The van der Waals surface area contributed by atoms with Gasteiger partial charge in [0.25, 0.3) is 0 Å². The van der Waals surface area contributed by atoms with Crippen molar-refractivity contribution in [3.63, 3.8) is 0 Å². The molecule has 1 aliphatic heterocycles. The summed E-state index contributed by atoms with van der Waals surface area (Å²) in [6.07, 6.45) is 4.31. The smallest absolute Gasteiger partial charge is 0.311 e. The largest absolute Gasteiger partial charge is 0.337 e. The second-order valence-corrected chi connectivity index (χ2v) is 3.72. The van der Waals surface area contributed by atoms with E-state index in [0.717, 1.165) is 19.6 Å². The normalized spacial score (nSPS) is 20.8. The fraction of sp³-hybridized carbons (Fsp3) is 0.889. The van der Waals surface area contributed by atoms with Gasteiger partial charge in [-0.05, 0) is 38.9 Å². The number of likely N-dealkylation sites (tertiary alicyclic amines) is 1. The predicted octanol–water partition coefficient (Wildman–Crippen LogP) is 0.327. The molecule has 1 heterocycles. The molecule has 0 saturated carbocycles. The maximum atomic E-state index is 10.2. The minimum absolute atomic E-state index is 0.688. The topological polar surface area (TPSA) is 23.6 Å². The van der Waals surface area contributed by atoms with Crippen LogP contribution in [0.15, 0.2) is 0 Å². The van der Waals surface area contributed by atoms with Gasteiger partial charge in [-0.3, -0.25) is 4.79 Å². The molecule has 0 atom stereocenters. The zero-order valence-electron chi connectivity index (χ0n) is 7.92. The van der Waals surface area contributed by atoms with Crippen LogP contribution in [0, 0.1) is 5.92 Å². The van der Waals surface area contributed by atoms with Crippen molar-refractivity contribution in [3.05, 3.63) is 0 Å². The summed E-state index contributed by atoms with van der Waals surface area (Å²) in [5.41, 5.74) is 0. The zero-order valence-corrected chi connectivity index (χ0v) is 7.92. The quantitative estimate of drug-likeness (QED) is 0.568. The lowest BCUT2D eigenvalue weighted by molar-refractivity contribution is 0.198. The minimum Gasteiger partial charge on any atom is -0.337 e. The van der Waals surface area contributed by atoms with Gasteiger partial charge < -0.3 is 9.80 Å². The van der Waals surface area contributed by atoms with Crippen molar-refractivity contribution in [2.24, 2.45) is 5.92 Å². The van der Waals surface area contributed by atoms with Crippen LogP contribution in [0.5, 0.6) is 0 Å². The first-order valence-corrected chi connectivity index (χ1v) is 4.50. The Kier molecular flexibility index (Phi) is 3.53. The molecule has 1 rings (SSSR count). The third-order valence-corrected chi connectivity index (χ3v) is 2.53. The van der Waals surface area contributed by atoms with Gasteiger partial charge in [0.05, 0.1) is 0 Å². The van der Waals surface area contributed by atoms with E-state index in [1.165, 1.54) is 12.8 Å². The molecule has 1 aliphatic rings. The molecule has 0 spiro atoms. The number of hydrogen-bond donors (Lipinski definition) is 0. The minimum atomic E-state index is 0.688. The summed E-state index contributed by atoms with van der Waals surface area (Å²) in [6.45, 7) is 3.20. The summed E-state index contributed by atoms with van der Waals surface area (Å²) in [4.78, 5) is 14.2. The van der Waals surface area contributed by atoms with Crippen LogP contribution < -0.4 is 0 Å². The first-order chi connectivity index (χ1) is 5.72. The van der Waals surface area contributed by atoms with Crippen LogP contribution in [0.25, 0.3) is 0 Å². The Morgan fingerprint density at radius 1 is 1.50 bits per heavy atom. The van der Waals surface area contributed by atoms with Gasteiger partial charge >= 0.3 is 6.41 Å². The molecule has 69 valence electrons. The molecule has 0 N–H and O–H groups in total. The molecule has 0 aliphatic carbocycles. The van der Waals surface area contributed by atoms with Crippen molar-refractivity contribution in [1.29, 1.82) is 0 Å². The van der Waals surface area contributed by atoms with Crippen molar-refractivity contribution >= 4 is 6.41 Å². The molecule has 0 aromatic carbocycles. The molecule has 0 bridgehead atoms. The summed E-state index contributed by atoms with van der Waals surface area (Å²) in [5.74, 6) is 0.688. The molecule has 1 fully saturated rings. The Labute approximate surface area is 74.3 Å². The van der Waals surface area contributed by atoms with Gasteiger partial charge in [0.1, 0.15) is 0 Å². The Balaban J connectivity index is 2.21. The third kappa shape index (κ3) is 2.81. The first-order valence-electron chi connectivity index (χ1n) is 4.50. The van der Waals surface area contributed by atoms with Gasteiger partial charge in [0, 0.05) is 13.6 Å². The second kappa shape index (κ2) is 4.45. The number of rotatable bonds is 3. The zero-order chi connectivity index (χ0) is 8.97.